The number of hydrogen-bond donors (Lipinski definition) is 0. The molecule has 0 aliphatic carbocycles. The van der Waals surface area contributed by atoms with E-state index in [0.717, 1.165) is 29.5 Å². The van der Waals surface area contributed by atoms with Gasteiger partial charge >= 0.3 is 0 Å². The minimum absolute atomic E-state index is 0.0100. The Kier molecular flexibility index (Phi) is 4.46. The number of nitriles is 1. The van der Waals surface area contributed by atoms with E-state index >= 15 is 0 Å². The van der Waals surface area contributed by atoms with Gasteiger partial charge in [-0.15, -0.1) is 0 Å². The van der Waals surface area contributed by atoms with Crippen LogP contribution in [0.4, 0.5) is 0 Å². The first kappa shape index (κ1) is 15.3. The molecule has 0 saturated carbocycles. The monoisotopic (exact) mass is 304 g/mol. The standard InChI is InChI=1S/C15H16N2O3S/c1-3-12-8-15(9-16)17(10-12)14-6-4-13(5-7-14)11-20-21(2,18)19/h4-8,10H,3,11H2,1-2H3. The molecule has 0 bridgehead atoms. The van der Waals surface area contributed by atoms with Gasteiger partial charge in [-0.25, -0.2) is 0 Å². The van der Waals surface area contributed by atoms with Gasteiger partial charge in [0.1, 0.15) is 11.8 Å². The summed E-state index contributed by atoms with van der Waals surface area (Å²) in [5, 5.41) is 9.16. The molecule has 0 aliphatic heterocycles. The summed E-state index contributed by atoms with van der Waals surface area (Å²) in [6.07, 6.45) is 3.81. The molecule has 0 atom stereocenters. The molecule has 1 aromatic heterocycles. The van der Waals surface area contributed by atoms with Gasteiger partial charge in [-0.2, -0.15) is 13.7 Å². The molecule has 2 rings (SSSR count). The molecule has 0 amide bonds. The Balaban J connectivity index is 2.23. The third-order valence-electron chi connectivity index (χ3n) is 3.05. The molecule has 2 aromatic rings. The van der Waals surface area contributed by atoms with Crippen LogP contribution in [0.25, 0.3) is 5.69 Å². The lowest BCUT2D eigenvalue weighted by molar-refractivity contribution is 0.311. The molecule has 21 heavy (non-hydrogen) atoms. The molecule has 5 nitrogen and oxygen atoms in total. The quantitative estimate of drug-likeness (QED) is 0.795. The van der Waals surface area contributed by atoms with Gasteiger partial charge in [-0.05, 0) is 35.7 Å². The van der Waals surface area contributed by atoms with Crippen LogP contribution in [0.2, 0.25) is 0 Å². The fraction of sp³-hybridized carbons (Fsp3) is 0.267. The van der Waals surface area contributed by atoms with E-state index < -0.39 is 10.1 Å². The predicted molar refractivity (Wildman–Crippen MR) is 79.5 cm³/mol. The Morgan fingerprint density at radius 3 is 2.43 bits per heavy atom. The van der Waals surface area contributed by atoms with Crippen molar-refractivity contribution >= 4 is 10.1 Å². The molecule has 1 heterocycles. The van der Waals surface area contributed by atoms with Crippen LogP contribution in [0.1, 0.15) is 23.7 Å². The molecule has 1 aromatic carbocycles. The van der Waals surface area contributed by atoms with Gasteiger partial charge in [0.25, 0.3) is 10.1 Å². The fourth-order valence-corrected chi connectivity index (χ4v) is 2.29. The Labute approximate surface area is 124 Å². The molecule has 0 unspecified atom stereocenters. The van der Waals surface area contributed by atoms with E-state index in [2.05, 4.69) is 6.07 Å². The third-order valence-corrected chi connectivity index (χ3v) is 3.60. The Morgan fingerprint density at radius 1 is 1.24 bits per heavy atom. The molecule has 0 aliphatic rings. The summed E-state index contributed by atoms with van der Waals surface area (Å²) < 4.78 is 28.5. The second-order valence-electron chi connectivity index (χ2n) is 4.70. The van der Waals surface area contributed by atoms with E-state index in [9.17, 15) is 8.42 Å². The number of aromatic nitrogens is 1. The Morgan fingerprint density at radius 2 is 1.90 bits per heavy atom. The summed E-state index contributed by atoms with van der Waals surface area (Å²) in [5.74, 6) is 0. The zero-order chi connectivity index (χ0) is 15.5. The highest BCUT2D eigenvalue weighted by Gasteiger charge is 2.07. The van der Waals surface area contributed by atoms with E-state index in [4.69, 9.17) is 9.44 Å². The van der Waals surface area contributed by atoms with Crippen molar-refractivity contribution in [2.24, 2.45) is 0 Å². The third kappa shape index (κ3) is 3.94. The normalized spacial score (nSPS) is 11.3. The van der Waals surface area contributed by atoms with Crippen LogP contribution in [-0.2, 0) is 27.3 Å². The Bertz CT molecular complexity index is 768. The van der Waals surface area contributed by atoms with Crippen molar-refractivity contribution in [1.82, 2.24) is 4.57 Å². The summed E-state index contributed by atoms with van der Waals surface area (Å²) in [6.45, 7) is 2.04. The second-order valence-corrected chi connectivity index (χ2v) is 6.35. The van der Waals surface area contributed by atoms with Gasteiger partial charge < -0.3 is 4.57 Å². The smallest absolute Gasteiger partial charge is 0.264 e. The SMILES string of the molecule is CCc1cc(C#N)n(-c2ccc(COS(C)(=O)=O)cc2)c1. The highest BCUT2D eigenvalue weighted by Crippen LogP contribution is 2.17. The largest absolute Gasteiger partial charge is 0.308 e. The lowest BCUT2D eigenvalue weighted by Crippen LogP contribution is -2.03. The minimum Gasteiger partial charge on any atom is -0.308 e. The summed E-state index contributed by atoms with van der Waals surface area (Å²) in [6, 6.07) is 11.3. The lowest BCUT2D eigenvalue weighted by atomic mass is 10.2. The molecular weight excluding hydrogens is 288 g/mol. The van der Waals surface area contributed by atoms with Crippen LogP contribution >= 0.6 is 0 Å². The van der Waals surface area contributed by atoms with Crippen molar-refractivity contribution in [1.29, 1.82) is 5.26 Å². The van der Waals surface area contributed by atoms with Crippen molar-refractivity contribution in [3.63, 3.8) is 0 Å². The molecule has 0 fully saturated rings. The van der Waals surface area contributed by atoms with Crippen molar-refractivity contribution in [3.8, 4) is 11.8 Å². The first-order chi connectivity index (χ1) is 9.93. The number of aryl methyl sites for hydroxylation is 1. The summed E-state index contributed by atoms with van der Waals surface area (Å²) >= 11 is 0. The second kappa shape index (κ2) is 6.12. The van der Waals surface area contributed by atoms with Crippen LogP contribution in [-0.4, -0.2) is 19.2 Å². The van der Waals surface area contributed by atoms with Gasteiger partial charge in [0.15, 0.2) is 0 Å². The average Bonchev–Trinajstić information content (AvgIpc) is 2.88. The number of rotatable bonds is 5. The van der Waals surface area contributed by atoms with Crippen LogP contribution < -0.4 is 0 Å². The maximum atomic E-state index is 10.9. The molecule has 0 spiro atoms. The molecule has 6 heteroatoms. The summed E-state index contributed by atoms with van der Waals surface area (Å²) in [5.41, 5.74) is 3.28. The van der Waals surface area contributed by atoms with Gasteiger partial charge in [0.2, 0.25) is 0 Å². The van der Waals surface area contributed by atoms with E-state index in [1.165, 1.54) is 0 Å². The van der Waals surface area contributed by atoms with Gasteiger partial charge in [0.05, 0.1) is 12.9 Å². The summed E-state index contributed by atoms with van der Waals surface area (Å²) in [4.78, 5) is 0. The first-order valence-electron chi connectivity index (χ1n) is 6.48. The van der Waals surface area contributed by atoms with Gasteiger partial charge in [-0.3, -0.25) is 4.18 Å². The van der Waals surface area contributed by atoms with E-state index in [-0.39, 0.29) is 6.61 Å². The minimum atomic E-state index is -3.44. The maximum Gasteiger partial charge on any atom is 0.264 e. The highest BCUT2D eigenvalue weighted by molar-refractivity contribution is 7.85. The fourth-order valence-electron chi connectivity index (χ4n) is 1.94. The average molecular weight is 304 g/mol. The molecule has 0 N–H and O–H groups in total. The number of hydrogen-bond acceptors (Lipinski definition) is 4. The van der Waals surface area contributed by atoms with Crippen molar-refractivity contribution in [2.45, 2.75) is 20.0 Å². The zero-order valence-electron chi connectivity index (χ0n) is 11.9. The van der Waals surface area contributed by atoms with Gasteiger partial charge in [-0.1, -0.05) is 19.1 Å². The molecule has 0 saturated heterocycles. The highest BCUT2D eigenvalue weighted by atomic mass is 32.2. The molecular formula is C15H16N2O3S. The van der Waals surface area contributed by atoms with Crippen molar-refractivity contribution in [2.75, 3.05) is 6.26 Å². The Hall–Kier alpha value is -2.10. The van der Waals surface area contributed by atoms with Crippen molar-refractivity contribution < 1.29 is 12.6 Å². The lowest BCUT2D eigenvalue weighted by Gasteiger charge is -2.06. The van der Waals surface area contributed by atoms with E-state index in [0.29, 0.717) is 5.69 Å². The topological polar surface area (TPSA) is 72.1 Å². The van der Waals surface area contributed by atoms with E-state index in [1.54, 1.807) is 12.1 Å². The number of benzene rings is 1. The van der Waals surface area contributed by atoms with Crippen molar-refractivity contribution in [3.05, 3.63) is 53.3 Å². The maximum absolute atomic E-state index is 10.9. The predicted octanol–water partition coefficient (Wildman–Crippen LogP) is 2.39. The van der Waals surface area contributed by atoms with Crippen LogP contribution in [0.5, 0.6) is 0 Å². The zero-order valence-corrected chi connectivity index (χ0v) is 12.7. The van der Waals surface area contributed by atoms with Gasteiger partial charge in [0, 0.05) is 11.9 Å². The molecule has 0 radical (unpaired) electrons. The number of nitrogens with zero attached hydrogens (tertiary/aromatic N) is 2. The van der Waals surface area contributed by atoms with Crippen LogP contribution in [0.3, 0.4) is 0 Å². The van der Waals surface area contributed by atoms with Crippen LogP contribution in [0.15, 0.2) is 36.5 Å². The van der Waals surface area contributed by atoms with Crippen LogP contribution in [0, 0.1) is 11.3 Å². The summed E-state index contributed by atoms with van der Waals surface area (Å²) in [7, 11) is -3.44. The molecule has 110 valence electrons. The van der Waals surface area contributed by atoms with E-state index in [1.807, 2.05) is 35.9 Å². The first-order valence-corrected chi connectivity index (χ1v) is 8.29.